The van der Waals surface area contributed by atoms with Crippen LogP contribution in [0.2, 0.25) is 5.02 Å². The summed E-state index contributed by atoms with van der Waals surface area (Å²) in [6.07, 6.45) is -0.512. The zero-order valence-electron chi connectivity index (χ0n) is 20.3. The second kappa shape index (κ2) is 10.4. The Morgan fingerprint density at radius 3 is 2.57 bits per heavy atom. The van der Waals surface area contributed by atoms with Crippen LogP contribution in [0.3, 0.4) is 0 Å². The van der Waals surface area contributed by atoms with E-state index in [0.717, 1.165) is 5.56 Å². The van der Waals surface area contributed by atoms with Crippen LogP contribution in [0.5, 0.6) is 11.5 Å². The number of amides is 1. The average molecular weight is 526 g/mol. The number of halogens is 2. The predicted octanol–water partition coefficient (Wildman–Crippen LogP) is 7.22. The van der Waals surface area contributed by atoms with Crippen molar-refractivity contribution in [3.63, 3.8) is 0 Å². The topological polar surface area (TPSA) is 113 Å². The summed E-state index contributed by atoms with van der Waals surface area (Å²) >= 11 is 6.46. The molecule has 10 heteroatoms. The molecular weight excluding hydrogens is 501 g/mol. The van der Waals surface area contributed by atoms with Gasteiger partial charge in [-0.3, -0.25) is 0 Å². The maximum Gasteiger partial charge on any atom is 0.407 e. The summed E-state index contributed by atoms with van der Waals surface area (Å²) in [4.78, 5) is 25.8. The van der Waals surface area contributed by atoms with E-state index in [2.05, 4.69) is 15.6 Å². The van der Waals surface area contributed by atoms with Crippen LogP contribution in [0.25, 0.3) is 10.9 Å². The van der Waals surface area contributed by atoms with Crippen molar-refractivity contribution in [2.24, 2.45) is 0 Å². The summed E-state index contributed by atoms with van der Waals surface area (Å²) in [6.45, 7) is 5.64. The monoisotopic (exact) mass is 525 g/mol. The second-order valence-corrected chi connectivity index (χ2v) is 9.65. The first-order chi connectivity index (χ1) is 17.5. The van der Waals surface area contributed by atoms with Gasteiger partial charge in [0.05, 0.1) is 10.5 Å². The number of anilines is 2. The highest BCUT2D eigenvalue weighted by Gasteiger charge is 2.16. The number of aromatic amines is 1. The number of hydrogen-bond donors (Lipinski definition) is 4. The van der Waals surface area contributed by atoms with E-state index < -0.39 is 23.5 Å². The van der Waals surface area contributed by atoms with Gasteiger partial charge in [0.1, 0.15) is 28.6 Å². The summed E-state index contributed by atoms with van der Waals surface area (Å²) in [7, 11) is 0. The summed E-state index contributed by atoms with van der Waals surface area (Å²) < 4.78 is 25.4. The number of carboxylic acids is 1. The second-order valence-electron chi connectivity index (χ2n) is 9.25. The van der Waals surface area contributed by atoms with Gasteiger partial charge in [-0.05, 0) is 74.9 Å². The normalized spacial score (nSPS) is 11.3. The van der Waals surface area contributed by atoms with E-state index in [4.69, 9.17) is 21.1 Å². The average Bonchev–Trinajstić information content (AvgIpc) is 3.28. The summed E-state index contributed by atoms with van der Waals surface area (Å²) in [5.41, 5.74) is 1.31. The molecule has 0 saturated heterocycles. The highest BCUT2D eigenvalue weighted by Crippen LogP contribution is 2.35. The van der Waals surface area contributed by atoms with Crippen molar-refractivity contribution < 1.29 is 28.6 Å². The molecule has 3 aromatic carbocycles. The number of carboxylic acid groups (broad SMARTS) is 1. The molecule has 0 radical (unpaired) electrons. The van der Waals surface area contributed by atoms with Crippen LogP contribution in [0.1, 0.15) is 36.8 Å². The van der Waals surface area contributed by atoms with Gasteiger partial charge in [0, 0.05) is 23.3 Å². The van der Waals surface area contributed by atoms with Gasteiger partial charge in [0.25, 0.3) is 0 Å². The number of benzene rings is 3. The highest BCUT2D eigenvalue weighted by atomic mass is 35.5. The Bertz CT molecular complexity index is 1480. The molecule has 0 spiro atoms. The quantitative estimate of drug-likeness (QED) is 0.202. The number of ether oxygens (including phenoxy) is 2. The van der Waals surface area contributed by atoms with Crippen LogP contribution < -0.4 is 15.4 Å². The van der Waals surface area contributed by atoms with Gasteiger partial charge in [-0.1, -0.05) is 23.7 Å². The van der Waals surface area contributed by atoms with Crippen molar-refractivity contribution in [2.45, 2.75) is 32.9 Å². The minimum atomic E-state index is -1.18. The fourth-order valence-corrected chi connectivity index (χ4v) is 3.78. The molecule has 0 unspecified atom stereocenters. The Morgan fingerprint density at radius 2 is 1.86 bits per heavy atom. The lowest BCUT2D eigenvalue weighted by atomic mass is 10.2. The first-order valence-electron chi connectivity index (χ1n) is 11.3. The maximum atomic E-state index is 14.2. The van der Waals surface area contributed by atoms with Crippen molar-refractivity contribution in [1.29, 1.82) is 0 Å². The van der Waals surface area contributed by atoms with Crippen LogP contribution in [0.4, 0.5) is 20.6 Å². The van der Waals surface area contributed by atoms with Gasteiger partial charge in [0.2, 0.25) is 0 Å². The van der Waals surface area contributed by atoms with Crippen molar-refractivity contribution in [1.82, 2.24) is 10.3 Å². The number of H-pyrrole nitrogens is 1. The molecule has 0 aliphatic carbocycles. The van der Waals surface area contributed by atoms with Crippen LogP contribution in [0.15, 0.2) is 60.7 Å². The molecule has 8 nitrogen and oxygen atoms in total. The zero-order chi connectivity index (χ0) is 26.7. The molecule has 4 N–H and O–H groups in total. The number of alkyl carbamates (subject to hydrolysis) is 1. The third-order valence-corrected chi connectivity index (χ3v) is 5.44. The van der Waals surface area contributed by atoms with E-state index in [0.29, 0.717) is 33.3 Å². The third-order valence-electron chi connectivity index (χ3n) is 5.15. The summed E-state index contributed by atoms with van der Waals surface area (Å²) in [5, 5.41) is 15.8. The molecule has 37 heavy (non-hydrogen) atoms. The molecule has 0 aliphatic heterocycles. The number of nitrogens with one attached hydrogen (secondary N) is 3. The third kappa shape index (κ3) is 6.50. The molecule has 1 amide bonds. The number of carbonyl (C=O) groups excluding carboxylic acids is 1. The molecule has 4 rings (SSSR count). The van der Waals surface area contributed by atoms with Gasteiger partial charge in [-0.15, -0.1) is 0 Å². The molecule has 4 aromatic rings. The van der Waals surface area contributed by atoms with Gasteiger partial charge in [-0.25, -0.2) is 14.0 Å². The molecule has 0 atom stereocenters. The smallest absolute Gasteiger partial charge is 0.407 e. The van der Waals surface area contributed by atoms with Gasteiger partial charge < -0.3 is 30.2 Å². The fourth-order valence-electron chi connectivity index (χ4n) is 3.56. The lowest BCUT2D eigenvalue weighted by Gasteiger charge is -2.19. The molecule has 1 heterocycles. The maximum absolute atomic E-state index is 14.2. The molecule has 0 aliphatic rings. The molecule has 1 aromatic heterocycles. The molecule has 0 fully saturated rings. The Balaban J connectivity index is 1.46. The Hall–Kier alpha value is -4.24. The minimum absolute atomic E-state index is 0.0921. The molecule has 0 bridgehead atoms. The van der Waals surface area contributed by atoms with Crippen molar-refractivity contribution in [2.75, 3.05) is 5.32 Å². The van der Waals surface area contributed by atoms with Gasteiger partial charge in [-0.2, -0.15) is 0 Å². The number of carbonyl (C=O) groups is 2. The van der Waals surface area contributed by atoms with Gasteiger partial charge in [0.15, 0.2) is 0 Å². The Morgan fingerprint density at radius 1 is 1.08 bits per heavy atom. The van der Waals surface area contributed by atoms with Crippen LogP contribution in [0, 0.1) is 5.82 Å². The van der Waals surface area contributed by atoms with E-state index in [1.165, 1.54) is 18.2 Å². The van der Waals surface area contributed by atoms with E-state index in [1.54, 1.807) is 57.2 Å². The SMILES string of the molecule is CC(C)(C)OC(=O)NCc1cccc(Oc2ccc(Nc3ccc(F)c4[nH]c(C(=O)O)cc34)cc2Cl)c1. The van der Waals surface area contributed by atoms with E-state index >= 15 is 0 Å². The Labute approximate surface area is 217 Å². The van der Waals surface area contributed by atoms with Crippen molar-refractivity contribution >= 4 is 45.9 Å². The summed E-state index contributed by atoms with van der Waals surface area (Å²) in [5.74, 6) is -0.808. The van der Waals surface area contributed by atoms with Crippen molar-refractivity contribution in [3.8, 4) is 11.5 Å². The number of rotatable bonds is 7. The van der Waals surface area contributed by atoms with Crippen LogP contribution >= 0.6 is 11.6 Å². The number of fused-ring (bicyclic) bond motifs is 1. The van der Waals surface area contributed by atoms with E-state index in [1.807, 2.05) is 6.07 Å². The number of aromatic carboxylic acids is 1. The van der Waals surface area contributed by atoms with Gasteiger partial charge >= 0.3 is 12.1 Å². The Kier molecular flexibility index (Phi) is 7.26. The fraction of sp³-hybridized carbons (Fsp3) is 0.185. The first-order valence-corrected chi connectivity index (χ1v) is 11.7. The molecule has 192 valence electrons. The first kappa shape index (κ1) is 25.8. The summed E-state index contributed by atoms with van der Waals surface area (Å²) in [6, 6.07) is 16.4. The minimum Gasteiger partial charge on any atom is -0.477 e. The lowest BCUT2D eigenvalue weighted by molar-refractivity contribution is 0.0523. The number of hydrogen-bond acceptors (Lipinski definition) is 5. The van der Waals surface area contributed by atoms with Crippen LogP contribution in [-0.2, 0) is 11.3 Å². The standard InChI is InChI=1S/C27H25ClFN3O5/c1-27(2,3)37-26(35)30-14-15-5-4-6-17(11-15)36-23-10-7-16(12-19(23)28)31-21-9-8-20(29)24-18(21)13-22(32-24)25(33)34/h4-13,31-32H,14H2,1-3H3,(H,30,35)(H,33,34). The van der Waals surface area contributed by atoms with E-state index in [-0.39, 0.29) is 17.8 Å². The lowest BCUT2D eigenvalue weighted by Crippen LogP contribution is -2.32. The van der Waals surface area contributed by atoms with Crippen molar-refractivity contribution in [3.05, 3.63) is 82.8 Å². The molecule has 0 saturated carbocycles. The number of aromatic nitrogens is 1. The highest BCUT2D eigenvalue weighted by molar-refractivity contribution is 6.32. The largest absolute Gasteiger partial charge is 0.477 e. The van der Waals surface area contributed by atoms with E-state index in [9.17, 15) is 19.1 Å². The van der Waals surface area contributed by atoms with Crippen LogP contribution in [-0.4, -0.2) is 27.8 Å². The predicted molar refractivity (Wildman–Crippen MR) is 140 cm³/mol. The zero-order valence-corrected chi connectivity index (χ0v) is 21.1. The molecular formula is C27H25ClFN3O5.